The zero-order chi connectivity index (χ0) is 14.6. The molecule has 2 nitrogen and oxygen atoms in total. The molecule has 1 saturated carbocycles. The Kier molecular flexibility index (Phi) is 5.50. The first-order chi connectivity index (χ1) is 9.53. The molecule has 0 aliphatic heterocycles. The van der Waals surface area contributed by atoms with Gasteiger partial charge in [0.1, 0.15) is 5.75 Å². The molecule has 1 aromatic rings. The third-order valence-electron chi connectivity index (χ3n) is 3.94. The number of halogens is 1. The van der Waals surface area contributed by atoms with E-state index in [0.29, 0.717) is 0 Å². The number of benzene rings is 1. The van der Waals surface area contributed by atoms with Crippen molar-refractivity contribution in [3.05, 3.63) is 28.2 Å². The predicted octanol–water partition coefficient (Wildman–Crippen LogP) is 4.66. The second kappa shape index (κ2) is 6.95. The lowest BCUT2D eigenvalue weighted by atomic mass is 9.81. The molecule has 0 atom stereocenters. The van der Waals surface area contributed by atoms with Crippen molar-refractivity contribution in [2.75, 3.05) is 13.2 Å². The quantitative estimate of drug-likeness (QED) is 0.743. The predicted molar refractivity (Wildman–Crippen MR) is 88.6 cm³/mol. The summed E-state index contributed by atoms with van der Waals surface area (Å²) in [5.41, 5.74) is 1.55. The summed E-state index contributed by atoms with van der Waals surface area (Å²) in [6.45, 7) is 8.63. The van der Waals surface area contributed by atoms with Gasteiger partial charge in [-0.05, 0) is 71.3 Å². The fourth-order valence-electron chi connectivity index (χ4n) is 2.27. The Morgan fingerprint density at radius 2 is 2.10 bits per heavy atom. The van der Waals surface area contributed by atoms with Gasteiger partial charge in [0.2, 0.25) is 0 Å². The van der Waals surface area contributed by atoms with Gasteiger partial charge in [0.15, 0.2) is 0 Å². The summed E-state index contributed by atoms with van der Waals surface area (Å²) >= 11 is 3.63. The smallest absolute Gasteiger partial charge is 0.133 e. The number of rotatable bonds is 8. The minimum Gasteiger partial charge on any atom is -0.492 e. The first-order valence-corrected chi connectivity index (χ1v) is 8.48. The van der Waals surface area contributed by atoms with Crippen molar-refractivity contribution in [1.82, 2.24) is 5.32 Å². The van der Waals surface area contributed by atoms with Crippen LogP contribution < -0.4 is 10.1 Å². The molecule has 0 spiro atoms. The average Bonchev–Trinajstić information content (AvgIpc) is 3.21. The van der Waals surface area contributed by atoms with Crippen molar-refractivity contribution in [3.8, 4) is 5.75 Å². The highest BCUT2D eigenvalue weighted by Crippen LogP contribution is 2.33. The maximum atomic E-state index is 5.72. The maximum absolute atomic E-state index is 5.72. The molecule has 2 rings (SSSR count). The second-order valence-corrected chi connectivity index (χ2v) is 7.21. The lowest BCUT2D eigenvalue weighted by Crippen LogP contribution is -2.26. The molecule has 0 radical (unpaired) electrons. The van der Waals surface area contributed by atoms with Crippen LogP contribution in [0.4, 0.5) is 0 Å². The molecule has 1 aliphatic rings. The molecular formula is C17H26BrNO. The Balaban J connectivity index is 1.96. The van der Waals surface area contributed by atoms with Gasteiger partial charge in [-0.25, -0.2) is 0 Å². The number of ether oxygens (including phenoxy) is 1. The van der Waals surface area contributed by atoms with Crippen LogP contribution in [0.2, 0.25) is 0 Å². The lowest BCUT2D eigenvalue weighted by Gasteiger charge is -2.26. The fourth-order valence-corrected chi connectivity index (χ4v) is 2.76. The maximum Gasteiger partial charge on any atom is 0.133 e. The van der Waals surface area contributed by atoms with E-state index in [2.05, 4.69) is 60.2 Å². The van der Waals surface area contributed by atoms with Crippen LogP contribution in [0.3, 0.4) is 0 Å². The summed E-state index contributed by atoms with van der Waals surface area (Å²) in [6.07, 6.45) is 4.91. The van der Waals surface area contributed by atoms with E-state index in [4.69, 9.17) is 4.74 Å². The van der Waals surface area contributed by atoms with Crippen molar-refractivity contribution in [1.29, 1.82) is 0 Å². The minimum absolute atomic E-state index is 0.188. The zero-order valence-electron chi connectivity index (χ0n) is 12.8. The van der Waals surface area contributed by atoms with E-state index < -0.39 is 0 Å². The van der Waals surface area contributed by atoms with Crippen molar-refractivity contribution in [2.24, 2.45) is 0 Å². The summed E-state index contributed by atoms with van der Waals surface area (Å²) < 4.78 is 6.78. The molecule has 0 saturated heterocycles. The molecule has 1 aliphatic carbocycles. The van der Waals surface area contributed by atoms with Crippen LogP contribution in [0.1, 0.15) is 52.0 Å². The van der Waals surface area contributed by atoms with E-state index in [1.807, 2.05) is 0 Å². The van der Waals surface area contributed by atoms with Gasteiger partial charge < -0.3 is 10.1 Å². The van der Waals surface area contributed by atoms with Gasteiger partial charge in [0.05, 0.1) is 11.1 Å². The third kappa shape index (κ3) is 4.49. The third-order valence-corrected chi connectivity index (χ3v) is 4.56. The first kappa shape index (κ1) is 15.8. The SMILES string of the molecule is CCCOc1ccc(C(C)(C)CCNC2CC2)cc1Br. The van der Waals surface area contributed by atoms with Gasteiger partial charge in [-0.1, -0.05) is 26.8 Å². The van der Waals surface area contributed by atoms with Crippen LogP contribution in [0.15, 0.2) is 22.7 Å². The van der Waals surface area contributed by atoms with E-state index in [1.54, 1.807) is 0 Å². The van der Waals surface area contributed by atoms with Gasteiger partial charge in [-0.2, -0.15) is 0 Å². The summed E-state index contributed by atoms with van der Waals surface area (Å²) in [5, 5.41) is 3.60. The van der Waals surface area contributed by atoms with Crippen LogP contribution >= 0.6 is 15.9 Å². The van der Waals surface area contributed by atoms with Crippen LogP contribution in [0.25, 0.3) is 0 Å². The molecule has 0 unspecified atom stereocenters. The topological polar surface area (TPSA) is 21.3 Å². The van der Waals surface area contributed by atoms with E-state index in [9.17, 15) is 0 Å². The first-order valence-electron chi connectivity index (χ1n) is 7.69. The van der Waals surface area contributed by atoms with Crippen molar-refractivity contribution in [3.63, 3.8) is 0 Å². The molecule has 0 bridgehead atoms. The Morgan fingerprint density at radius 3 is 2.70 bits per heavy atom. The van der Waals surface area contributed by atoms with Crippen LogP contribution in [0, 0.1) is 0 Å². The van der Waals surface area contributed by atoms with Gasteiger partial charge in [0.25, 0.3) is 0 Å². The van der Waals surface area contributed by atoms with Gasteiger partial charge in [-0.3, -0.25) is 0 Å². The van der Waals surface area contributed by atoms with E-state index >= 15 is 0 Å². The molecule has 1 N–H and O–H groups in total. The van der Waals surface area contributed by atoms with E-state index in [0.717, 1.165) is 42.3 Å². The molecule has 3 heteroatoms. The summed E-state index contributed by atoms with van der Waals surface area (Å²) in [5.74, 6) is 0.947. The van der Waals surface area contributed by atoms with E-state index in [1.165, 1.54) is 18.4 Å². The molecular weight excluding hydrogens is 314 g/mol. The monoisotopic (exact) mass is 339 g/mol. The van der Waals surface area contributed by atoms with Crippen molar-refractivity contribution >= 4 is 15.9 Å². The normalized spacial score (nSPS) is 15.4. The number of nitrogens with one attached hydrogen (secondary N) is 1. The van der Waals surface area contributed by atoms with Crippen molar-refractivity contribution < 1.29 is 4.74 Å². The minimum atomic E-state index is 0.188. The lowest BCUT2D eigenvalue weighted by molar-refractivity contribution is 0.315. The Morgan fingerprint density at radius 1 is 1.35 bits per heavy atom. The molecule has 112 valence electrons. The van der Waals surface area contributed by atoms with E-state index in [-0.39, 0.29) is 5.41 Å². The van der Waals surface area contributed by atoms with Gasteiger partial charge in [-0.15, -0.1) is 0 Å². The van der Waals surface area contributed by atoms with Crippen LogP contribution in [0.5, 0.6) is 5.75 Å². The van der Waals surface area contributed by atoms with Gasteiger partial charge >= 0.3 is 0 Å². The Labute approximate surface area is 131 Å². The summed E-state index contributed by atoms with van der Waals surface area (Å²) in [6, 6.07) is 7.29. The summed E-state index contributed by atoms with van der Waals surface area (Å²) in [7, 11) is 0. The highest BCUT2D eigenvalue weighted by molar-refractivity contribution is 9.10. The standard InChI is InChI=1S/C17H26BrNO/c1-4-11-20-16-8-5-13(12-15(16)18)17(2,3)9-10-19-14-6-7-14/h5,8,12,14,19H,4,6-7,9-11H2,1-3H3. The highest BCUT2D eigenvalue weighted by Gasteiger charge is 2.24. The number of hydrogen-bond acceptors (Lipinski definition) is 2. The fraction of sp³-hybridized carbons (Fsp3) is 0.647. The molecule has 20 heavy (non-hydrogen) atoms. The Hall–Kier alpha value is -0.540. The molecule has 1 aromatic carbocycles. The number of hydrogen-bond donors (Lipinski definition) is 1. The molecule has 0 amide bonds. The Bertz CT molecular complexity index is 441. The van der Waals surface area contributed by atoms with Crippen molar-refractivity contribution in [2.45, 2.75) is 57.9 Å². The molecule has 0 aromatic heterocycles. The summed E-state index contributed by atoms with van der Waals surface area (Å²) in [4.78, 5) is 0. The average molecular weight is 340 g/mol. The molecule has 0 heterocycles. The van der Waals surface area contributed by atoms with Gasteiger partial charge in [0, 0.05) is 6.04 Å². The molecule has 1 fully saturated rings. The largest absolute Gasteiger partial charge is 0.492 e. The van der Waals surface area contributed by atoms with Crippen LogP contribution in [-0.2, 0) is 5.41 Å². The highest BCUT2D eigenvalue weighted by atomic mass is 79.9. The van der Waals surface area contributed by atoms with Crippen LogP contribution in [-0.4, -0.2) is 19.2 Å². The zero-order valence-corrected chi connectivity index (χ0v) is 14.4. The second-order valence-electron chi connectivity index (χ2n) is 6.36.